The van der Waals surface area contributed by atoms with Gasteiger partial charge in [-0.15, -0.1) is 0 Å². The molecule has 3 rings (SSSR count). The molecule has 0 saturated carbocycles. The van der Waals surface area contributed by atoms with Gasteiger partial charge in [-0.25, -0.2) is 0 Å². The van der Waals surface area contributed by atoms with Crippen molar-refractivity contribution in [1.82, 2.24) is 19.7 Å². The van der Waals surface area contributed by atoms with Crippen molar-refractivity contribution in [3.63, 3.8) is 0 Å². The van der Waals surface area contributed by atoms with Crippen LogP contribution in [-0.2, 0) is 7.05 Å². The van der Waals surface area contributed by atoms with Crippen LogP contribution in [0.25, 0.3) is 11.3 Å². The number of aromatic amines is 1. The van der Waals surface area contributed by atoms with Gasteiger partial charge in [-0.2, -0.15) is 5.10 Å². The summed E-state index contributed by atoms with van der Waals surface area (Å²) in [6, 6.07) is 8.36. The highest BCUT2D eigenvalue weighted by atomic mass is 35.5. The first-order chi connectivity index (χ1) is 12.3. The van der Waals surface area contributed by atoms with Gasteiger partial charge in [0.05, 0.1) is 16.3 Å². The zero-order valence-electron chi connectivity index (χ0n) is 14.6. The summed E-state index contributed by atoms with van der Waals surface area (Å²) in [5.41, 5.74) is 2.70. The Hall–Kier alpha value is -3.06. The fourth-order valence-corrected chi connectivity index (χ4v) is 2.65. The standard InChI is InChI=1S/C18H18ClN5O2/c1-23(2)18(26)13-8-12(4-5-14(13)19)20-17(25)16-9-15(21-22-16)11-6-7-24(3)10-11/h4-10H,1-3H3,(H,20,25)(H,21,22). The van der Waals surface area contributed by atoms with Crippen molar-refractivity contribution in [3.8, 4) is 11.3 Å². The molecule has 0 radical (unpaired) electrons. The average Bonchev–Trinajstić information content (AvgIpc) is 3.24. The maximum Gasteiger partial charge on any atom is 0.273 e. The highest BCUT2D eigenvalue weighted by molar-refractivity contribution is 6.34. The topological polar surface area (TPSA) is 83.0 Å². The van der Waals surface area contributed by atoms with Crippen molar-refractivity contribution in [2.45, 2.75) is 0 Å². The normalized spacial score (nSPS) is 10.6. The van der Waals surface area contributed by atoms with Crippen LogP contribution in [0.1, 0.15) is 20.8 Å². The molecule has 2 amide bonds. The fraction of sp³-hybridized carbons (Fsp3) is 0.167. The van der Waals surface area contributed by atoms with Crippen LogP contribution in [0.5, 0.6) is 0 Å². The van der Waals surface area contributed by atoms with Crippen molar-refractivity contribution in [2.75, 3.05) is 19.4 Å². The number of rotatable bonds is 4. The lowest BCUT2D eigenvalue weighted by atomic mass is 10.1. The smallest absolute Gasteiger partial charge is 0.273 e. The van der Waals surface area contributed by atoms with E-state index in [0.29, 0.717) is 27.7 Å². The largest absolute Gasteiger partial charge is 0.357 e. The fourth-order valence-electron chi connectivity index (χ4n) is 2.45. The van der Waals surface area contributed by atoms with E-state index in [-0.39, 0.29) is 11.8 Å². The van der Waals surface area contributed by atoms with Gasteiger partial charge in [0.15, 0.2) is 0 Å². The predicted octanol–water partition coefficient (Wildman–Crippen LogP) is 3.02. The number of carbonyl (C=O) groups excluding carboxylic acids is 2. The maximum atomic E-state index is 12.4. The van der Waals surface area contributed by atoms with Crippen molar-refractivity contribution >= 4 is 29.1 Å². The SMILES string of the molecule is CN(C)C(=O)c1cc(NC(=O)c2cc(-c3ccn(C)c3)n[nH]2)ccc1Cl. The molecule has 0 aliphatic rings. The molecule has 0 aliphatic carbocycles. The number of amides is 2. The van der Waals surface area contributed by atoms with Gasteiger partial charge in [-0.3, -0.25) is 14.7 Å². The first-order valence-corrected chi connectivity index (χ1v) is 8.23. The van der Waals surface area contributed by atoms with Gasteiger partial charge in [0.1, 0.15) is 5.69 Å². The minimum Gasteiger partial charge on any atom is -0.357 e. The van der Waals surface area contributed by atoms with Crippen molar-refractivity contribution < 1.29 is 9.59 Å². The lowest BCUT2D eigenvalue weighted by Gasteiger charge is -2.13. The van der Waals surface area contributed by atoms with Crippen LogP contribution in [0, 0.1) is 0 Å². The van der Waals surface area contributed by atoms with Crippen LogP contribution in [0.3, 0.4) is 0 Å². The second-order valence-electron chi connectivity index (χ2n) is 6.08. The summed E-state index contributed by atoms with van der Waals surface area (Å²) >= 11 is 6.08. The number of aryl methyl sites for hydroxylation is 1. The molecule has 0 aliphatic heterocycles. The number of nitrogens with zero attached hydrogens (tertiary/aromatic N) is 3. The number of halogens is 1. The van der Waals surface area contributed by atoms with E-state index in [1.54, 1.807) is 38.4 Å². The molecule has 0 spiro atoms. The second-order valence-corrected chi connectivity index (χ2v) is 6.49. The highest BCUT2D eigenvalue weighted by Crippen LogP contribution is 2.23. The van der Waals surface area contributed by atoms with Gasteiger partial charge in [0.25, 0.3) is 11.8 Å². The summed E-state index contributed by atoms with van der Waals surface area (Å²) < 4.78 is 1.90. The molecule has 2 aromatic heterocycles. The molecular weight excluding hydrogens is 354 g/mol. The van der Waals surface area contributed by atoms with Crippen molar-refractivity contribution in [2.24, 2.45) is 7.05 Å². The summed E-state index contributed by atoms with van der Waals surface area (Å²) in [4.78, 5) is 26.0. The minimum absolute atomic E-state index is 0.237. The lowest BCUT2D eigenvalue weighted by molar-refractivity contribution is 0.0827. The first kappa shape index (κ1) is 17.8. The number of anilines is 1. The van der Waals surface area contributed by atoms with Gasteiger partial charge in [0.2, 0.25) is 0 Å². The summed E-state index contributed by atoms with van der Waals surface area (Å²) in [6.07, 6.45) is 3.82. The Balaban J connectivity index is 1.79. The lowest BCUT2D eigenvalue weighted by Crippen LogP contribution is -2.22. The van der Waals surface area contributed by atoms with Gasteiger partial charge in [-0.05, 0) is 30.3 Å². The second kappa shape index (κ2) is 7.05. The molecule has 0 bridgehead atoms. The Morgan fingerprint density at radius 3 is 2.65 bits per heavy atom. The molecule has 0 saturated heterocycles. The number of hydrogen-bond acceptors (Lipinski definition) is 3. The molecule has 0 atom stereocenters. The third-order valence-electron chi connectivity index (χ3n) is 3.81. The quantitative estimate of drug-likeness (QED) is 0.739. The number of carbonyl (C=O) groups is 2. The third-order valence-corrected chi connectivity index (χ3v) is 4.14. The predicted molar refractivity (Wildman–Crippen MR) is 100 cm³/mol. The summed E-state index contributed by atoms with van der Waals surface area (Å²) in [6.45, 7) is 0. The molecule has 2 N–H and O–H groups in total. The summed E-state index contributed by atoms with van der Waals surface area (Å²) in [5, 5.41) is 9.97. The van der Waals surface area contributed by atoms with E-state index in [1.807, 2.05) is 30.1 Å². The van der Waals surface area contributed by atoms with Crippen LogP contribution in [0.2, 0.25) is 5.02 Å². The Morgan fingerprint density at radius 2 is 2.00 bits per heavy atom. The summed E-state index contributed by atoms with van der Waals surface area (Å²) in [7, 11) is 5.19. The Labute approximate surface area is 155 Å². The average molecular weight is 372 g/mol. The molecule has 2 heterocycles. The van der Waals surface area contributed by atoms with Gasteiger partial charge < -0.3 is 14.8 Å². The molecule has 3 aromatic rings. The zero-order valence-corrected chi connectivity index (χ0v) is 15.3. The van der Waals surface area contributed by atoms with Crippen LogP contribution in [0.4, 0.5) is 5.69 Å². The number of H-pyrrole nitrogens is 1. The van der Waals surface area contributed by atoms with Crippen LogP contribution in [-0.4, -0.2) is 45.6 Å². The Bertz CT molecular complexity index is 974. The van der Waals surface area contributed by atoms with Crippen molar-refractivity contribution in [3.05, 3.63) is 59.0 Å². The minimum atomic E-state index is -0.356. The highest BCUT2D eigenvalue weighted by Gasteiger charge is 2.16. The Morgan fingerprint density at radius 1 is 1.23 bits per heavy atom. The van der Waals surface area contributed by atoms with E-state index in [4.69, 9.17) is 11.6 Å². The number of nitrogens with one attached hydrogen (secondary N) is 2. The molecule has 7 nitrogen and oxygen atoms in total. The molecule has 0 fully saturated rings. The molecule has 8 heteroatoms. The molecule has 0 unspecified atom stereocenters. The number of benzene rings is 1. The van der Waals surface area contributed by atoms with E-state index in [0.717, 1.165) is 5.56 Å². The maximum absolute atomic E-state index is 12.4. The van der Waals surface area contributed by atoms with E-state index < -0.39 is 0 Å². The van der Waals surface area contributed by atoms with Gasteiger partial charge in [-0.1, -0.05) is 11.6 Å². The van der Waals surface area contributed by atoms with E-state index >= 15 is 0 Å². The van der Waals surface area contributed by atoms with Crippen LogP contribution < -0.4 is 5.32 Å². The monoisotopic (exact) mass is 371 g/mol. The summed E-state index contributed by atoms with van der Waals surface area (Å²) in [5.74, 6) is -0.593. The van der Waals surface area contributed by atoms with Gasteiger partial charge in [0, 0.05) is 44.8 Å². The van der Waals surface area contributed by atoms with E-state index in [1.165, 1.54) is 4.90 Å². The van der Waals surface area contributed by atoms with E-state index in [9.17, 15) is 9.59 Å². The molecule has 134 valence electrons. The number of aromatic nitrogens is 3. The third kappa shape index (κ3) is 3.62. The molecule has 1 aromatic carbocycles. The first-order valence-electron chi connectivity index (χ1n) is 7.85. The van der Waals surface area contributed by atoms with Crippen molar-refractivity contribution in [1.29, 1.82) is 0 Å². The van der Waals surface area contributed by atoms with Crippen LogP contribution >= 0.6 is 11.6 Å². The van der Waals surface area contributed by atoms with E-state index in [2.05, 4.69) is 15.5 Å². The molecule has 26 heavy (non-hydrogen) atoms. The number of hydrogen-bond donors (Lipinski definition) is 2. The van der Waals surface area contributed by atoms with Crippen LogP contribution in [0.15, 0.2) is 42.7 Å². The zero-order chi connectivity index (χ0) is 18.8. The Kier molecular flexibility index (Phi) is 4.81. The molecular formula is C18H18ClN5O2. The van der Waals surface area contributed by atoms with Gasteiger partial charge >= 0.3 is 0 Å².